The van der Waals surface area contributed by atoms with Crippen LogP contribution in [0, 0.1) is 4.77 Å². The fraction of sp³-hybridized carbons (Fsp3) is 0.167. The van der Waals surface area contributed by atoms with Gasteiger partial charge >= 0.3 is 0 Å². The zero-order valence-electron chi connectivity index (χ0n) is 10.4. The van der Waals surface area contributed by atoms with Crippen molar-refractivity contribution >= 4 is 40.1 Å². The van der Waals surface area contributed by atoms with Gasteiger partial charge in [-0.1, -0.05) is 0 Å². The van der Waals surface area contributed by atoms with Gasteiger partial charge in [0, 0.05) is 19.8 Å². The van der Waals surface area contributed by atoms with E-state index < -0.39 is 0 Å². The van der Waals surface area contributed by atoms with Crippen molar-refractivity contribution in [2.75, 3.05) is 19.0 Å². The molecule has 0 aliphatic heterocycles. The lowest BCUT2D eigenvalue weighted by molar-refractivity contribution is 1.10. The predicted octanol–water partition coefficient (Wildman–Crippen LogP) is 1.59. The van der Waals surface area contributed by atoms with Crippen LogP contribution in [0.15, 0.2) is 23.0 Å². The number of nitrogens with one attached hydrogen (secondary N) is 2. The first-order chi connectivity index (χ1) is 9.04. The van der Waals surface area contributed by atoms with Crippen LogP contribution in [0.4, 0.5) is 5.69 Å². The Kier molecular flexibility index (Phi) is 2.56. The summed E-state index contributed by atoms with van der Waals surface area (Å²) in [6.45, 7) is 0. The Morgan fingerprint density at radius 3 is 2.68 bits per heavy atom. The van der Waals surface area contributed by atoms with Gasteiger partial charge < -0.3 is 9.88 Å². The van der Waals surface area contributed by atoms with E-state index in [-0.39, 0.29) is 15.8 Å². The molecule has 0 spiro atoms. The second kappa shape index (κ2) is 4.13. The van der Waals surface area contributed by atoms with Gasteiger partial charge in [-0.3, -0.25) is 9.78 Å². The van der Waals surface area contributed by atoms with Gasteiger partial charge in [0.2, 0.25) is 0 Å². The summed E-state index contributed by atoms with van der Waals surface area (Å²) < 4.78 is 0.245. The van der Waals surface area contributed by atoms with Gasteiger partial charge in [-0.2, -0.15) is 0 Å². The van der Waals surface area contributed by atoms with Gasteiger partial charge in [-0.15, -0.1) is 0 Å². The minimum atomic E-state index is -0.329. The number of benzene rings is 1. The molecule has 1 aromatic carbocycles. The molecule has 0 radical (unpaired) electrons. The van der Waals surface area contributed by atoms with Crippen LogP contribution < -0.4 is 10.5 Å². The number of aromatic amines is 2. The fourth-order valence-corrected chi connectivity index (χ4v) is 2.06. The van der Waals surface area contributed by atoms with E-state index in [1.807, 2.05) is 37.2 Å². The van der Waals surface area contributed by atoms with Crippen LogP contribution in [0.25, 0.3) is 22.2 Å². The zero-order chi connectivity index (χ0) is 13.6. The largest absolute Gasteiger partial charge is 0.378 e. The second-order valence-corrected chi connectivity index (χ2v) is 4.80. The van der Waals surface area contributed by atoms with Crippen molar-refractivity contribution in [3.63, 3.8) is 0 Å². The smallest absolute Gasteiger partial charge is 0.279 e. The van der Waals surface area contributed by atoms with Crippen molar-refractivity contribution in [1.82, 2.24) is 19.9 Å². The molecule has 0 bridgehead atoms. The number of H-pyrrole nitrogens is 2. The summed E-state index contributed by atoms with van der Waals surface area (Å²) in [5.41, 5.74) is 2.74. The topological polar surface area (TPSA) is 77.7 Å². The minimum Gasteiger partial charge on any atom is -0.378 e. The molecule has 0 aliphatic carbocycles. The van der Waals surface area contributed by atoms with Crippen LogP contribution in [0.5, 0.6) is 0 Å². The van der Waals surface area contributed by atoms with Crippen molar-refractivity contribution in [2.24, 2.45) is 0 Å². The molecule has 19 heavy (non-hydrogen) atoms. The summed E-state index contributed by atoms with van der Waals surface area (Å²) >= 11 is 4.93. The summed E-state index contributed by atoms with van der Waals surface area (Å²) in [6, 6.07) is 5.69. The van der Waals surface area contributed by atoms with Crippen LogP contribution in [-0.4, -0.2) is 34.0 Å². The molecule has 3 rings (SSSR count). The number of nitrogens with zero attached hydrogens (tertiary/aromatic N) is 3. The van der Waals surface area contributed by atoms with Crippen molar-refractivity contribution in [2.45, 2.75) is 0 Å². The summed E-state index contributed by atoms with van der Waals surface area (Å²) in [6.07, 6.45) is 0. The highest BCUT2D eigenvalue weighted by Crippen LogP contribution is 2.19. The summed E-state index contributed by atoms with van der Waals surface area (Å²) in [5, 5.41) is 0. The fourth-order valence-electron chi connectivity index (χ4n) is 1.87. The Labute approximate surface area is 113 Å². The van der Waals surface area contributed by atoms with Crippen molar-refractivity contribution in [1.29, 1.82) is 0 Å². The molecule has 0 saturated heterocycles. The number of rotatable bonds is 1. The number of anilines is 1. The molecule has 3 aromatic rings. The summed E-state index contributed by atoms with van der Waals surface area (Å²) in [5.74, 6) is 0. The van der Waals surface area contributed by atoms with E-state index in [1.165, 1.54) is 0 Å². The van der Waals surface area contributed by atoms with Crippen LogP contribution in [-0.2, 0) is 0 Å². The van der Waals surface area contributed by atoms with Gasteiger partial charge in [0.05, 0.1) is 11.0 Å². The van der Waals surface area contributed by atoms with Gasteiger partial charge in [0.15, 0.2) is 15.9 Å². The molecular weight excluding hydrogens is 262 g/mol. The van der Waals surface area contributed by atoms with Gasteiger partial charge in [0.25, 0.3) is 5.56 Å². The minimum absolute atomic E-state index is 0.245. The average molecular weight is 273 g/mol. The van der Waals surface area contributed by atoms with Gasteiger partial charge in [0.1, 0.15) is 0 Å². The molecule has 0 aliphatic rings. The first kappa shape index (κ1) is 11.8. The average Bonchev–Trinajstić information content (AvgIpc) is 2.35. The molecule has 2 N–H and O–H groups in total. The highest BCUT2D eigenvalue weighted by Gasteiger charge is 2.06. The van der Waals surface area contributed by atoms with Crippen LogP contribution >= 0.6 is 12.2 Å². The molecule has 2 aromatic heterocycles. The number of hydrogen-bond donors (Lipinski definition) is 2. The standard InChI is InChI=1S/C12H11N5OS/c1-17(2)6-3-4-7-8(5-6)14-10-9(13-7)11(18)16-12(19)15-10/h3-5H,1-2H3,(H2,14,15,16,18,19). The molecule has 0 saturated carbocycles. The molecule has 0 fully saturated rings. The van der Waals surface area contributed by atoms with E-state index in [2.05, 4.69) is 19.9 Å². The van der Waals surface area contributed by atoms with E-state index in [0.29, 0.717) is 11.2 Å². The lowest BCUT2D eigenvalue weighted by Gasteiger charge is -2.12. The normalized spacial score (nSPS) is 11.1. The highest BCUT2D eigenvalue weighted by atomic mass is 32.1. The molecule has 7 heteroatoms. The SMILES string of the molecule is CN(C)c1ccc2nc3c(=O)[nH]c(=S)[nH]c3nc2c1. The monoisotopic (exact) mass is 273 g/mol. The quantitative estimate of drug-likeness (QED) is 0.520. The molecule has 0 unspecified atom stereocenters. The Hall–Kier alpha value is -2.28. The number of aromatic nitrogens is 4. The summed E-state index contributed by atoms with van der Waals surface area (Å²) in [7, 11) is 3.90. The van der Waals surface area contributed by atoms with E-state index in [9.17, 15) is 4.79 Å². The third kappa shape index (κ3) is 1.97. The van der Waals surface area contributed by atoms with Gasteiger partial charge in [-0.05, 0) is 30.4 Å². The molecule has 0 atom stereocenters. The first-order valence-electron chi connectivity index (χ1n) is 5.66. The molecular formula is C12H11N5OS. The van der Waals surface area contributed by atoms with E-state index >= 15 is 0 Å². The third-order valence-electron chi connectivity index (χ3n) is 2.84. The van der Waals surface area contributed by atoms with Gasteiger partial charge in [-0.25, -0.2) is 9.97 Å². The number of fused-ring (bicyclic) bond motifs is 2. The van der Waals surface area contributed by atoms with Crippen molar-refractivity contribution in [3.05, 3.63) is 33.3 Å². The third-order valence-corrected chi connectivity index (χ3v) is 3.04. The highest BCUT2D eigenvalue weighted by molar-refractivity contribution is 7.71. The van der Waals surface area contributed by atoms with Crippen molar-refractivity contribution < 1.29 is 0 Å². The predicted molar refractivity (Wildman–Crippen MR) is 77.2 cm³/mol. The Morgan fingerprint density at radius 1 is 1.16 bits per heavy atom. The lowest BCUT2D eigenvalue weighted by Crippen LogP contribution is -2.11. The molecule has 96 valence electrons. The maximum absolute atomic E-state index is 11.8. The zero-order valence-corrected chi connectivity index (χ0v) is 11.2. The molecule has 0 amide bonds. The Morgan fingerprint density at radius 2 is 1.95 bits per heavy atom. The number of hydrogen-bond acceptors (Lipinski definition) is 5. The van der Waals surface area contributed by atoms with E-state index in [0.717, 1.165) is 11.2 Å². The maximum Gasteiger partial charge on any atom is 0.279 e. The van der Waals surface area contributed by atoms with Crippen LogP contribution in [0.1, 0.15) is 0 Å². The van der Waals surface area contributed by atoms with E-state index in [1.54, 1.807) is 0 Å². The molecule has 2 heterocycles. The molecule has 6 nitrogen and oxygen atoms in total. The lowest BCUT2D eigenvalue weighted by atomic mass is 10.2. The second-order valence-electron chi connectivity index (χ2n) is 4.40. The summed E-state index contributed by atoms with van der Waals surface area (Å²) in [4.78, 5) is 27.8. The first-order valence-corrected chi connectivity index (χ1v) is 6.07. The van der Waals surface area contributed by atoms with Crippen LogP contribution in [0.2, 0.25) is 0 Å². The van der Waals surface area contributed by atoms with E-state index in [4.69, 9.17) is 12.2 Å². The Balaban J connectivity index is 2.42. The van der Waals surface area contributed by atoms with Crippen LogP contribution in [0.3, 0.4) is 0 Å². The maximum atomic E-state index is 11.8. The Bertz CT molecular complexity index is 896. The van der Waals surface area contributed by atoms with Crippen molar-refractivity contribution in [3.8, 4) is 0 Å².